The fourth-order valence-electron chi connectivity index (χ4n) is 2.51. The molecule has 7 nitrogen and oxygen atoms in total. The maximum atomic E-state index is 12.9. The quantitative estimate of drug-likeness (QED) is 0.750. The Kier molecular flexibility index (Phi) is 6.93. The molecule has 0 atom stereocenters. The van der Waals surface area contributed by atoms with Crippen LogP contribution in [-0.2, 0) is 14.8 Å². The van der Waals surface area contributed by atoms with Crippen molar-refractivity contribution in [2.75, 3.05) is 25.5 Å². The van der Waals surface area contributed by atoms with Gasteiger partial charge in [0.25, 0.3) is 0 Å². The smallest absolute Gasteiger partial charge is 0.243 e. The Morgan fingerprint density at radius 1 is 1.22 bits per heavy atom. The zero-order valence-electron chi connectivity index (χ0n) is 15.2. The van der Waals surface area contributed by atoms with Crippen LogP contribution in [0.15, 0.2) is 53.4 Å². The average molecular weight is 387 g/mol. The summed E-state index contributed by atoms with van der Waals surface area (Å²) in [6.07, 6.45) is 0.541. The Morgan fingerprint density at radius 3 is 2.63 bits per heavy atom. The SMILES string of the molecule is CCCN(CC(=O)Nc1ccccc1OC)S(=O)(=O)c1cccc(C#N)c1. The number of methoxy groups -OCH3 is 1. The van der Waals surface area contributed by atoms with E-state index in [2.05, 4.69) is 5.32 Å². The second kappa shape index (κ2) is 9.16. The minimum atomic E-state index is -3.91. The Morgan fingerprint density at radius 2 is 1.96 bits per heavy atom. The summed E-state index contributed by atoms with van der Waals surface area (Å²) in [4.78, 5) is 12.4. The van der Waals surface area contributed by atoms with E-state index in [1.54, 1.807) is 24.3 Å². The summed E-state index contributed by atoms with van der Waals surface area (Å²) in [5.74, 6) is 0.00503. The van der Waals surface area contributed by atoms with E-state index in [1.165, 1.54) is 31.4 Å². The number of nitriles is 1. The molecule has 0 aliphatic rings. The highest BCUT2D eigenvalue weighted by atomic mass is 32.2. The topological polar surface area (TPSA) is 99.5 Å². The first-order valence-electron chi connectivity index (χ1n) is 8.35. The molecule has 8 heteroatoms. The van der Waals surface area contributed by atoms with Gasteiger partial charge in [-0.05, 0) is 36.8 Å². The number of anilines is 1. The van der Waals surface area contributed by atoms with Gasteiger partial charge in [0.05, 0.1) is 35.9 Å². The highest BCUT2D eigenvalue weighted by Crippen LogP contribution is 2.23. The third kappa shape index (κ3) is 5.06. The molecular formula is C19H21N3O4S. The second-order valence-electron chi connectivity index (χ2n) is 5.73. The molecule has 0 aromatic heterocycles. The van der Waals surface area contributed by atoms with Gasteiger partial charge in [-0.3, -0.25) is 4.79 Å². The normalized spacial score (nSPS) is 11.0. The molecule has 0 fully saturated rings. The maximum absolute atomic E-state index is 12.9. The van der Waals surface area contributed by atoms with Crippen molar-refractivity contribution in [1.29, 1.82) is 5.26 Å². The van der Waals surface area contributed by atoms with Crippen molar-refractivity contribution in [3.05, 3.63) is 54.1 Å². The standard InChI is InChI=1S/C19H21N3O4S/c1-3-11-22(27(24,25)16-8-6-7-15(12-16)13-20)14-19(23)21-17-9-4-5-10-18(17)26-2/h4-10,12H,3,11,14H2,1-2H3,(H,21,23). The lowest BCUT2D eigenvalue weighted by Crippen LogP contribution is -2.38. The molecule has 2 aromatic carbocycles. The highest BCUT2D eigenvalue weighted by Gasteiger charge is 2.26. The average Bonchev–Trinajstić information content (AvgIpc) is 2.68. The zero-order chi connectivity index (χ0) is 19.9. The van der Waals surface area contributed by atoms with E-state index in [-0.39, 0.29) is 23.5 Å². The fourth-order valence-corrected chi connectivity index (χ4v) is 4.04. The van der Waals surface area contributed by atoms with E-state index in [9.17, 15) is 13.2 Å². The van der Waals surface area contributed by atoms with E-state index in [0.29, 0.717) is 17.9 Å². The largest absolute Gasteiger partial charge is 0.495 e. The van der Waals surface area contributed by atoms with E-state index in [1.807, 2.05) is 13.0 Å². The van der Waals surface area contributed by atoms with Crippen LogP contribution in [0.5, 0.6) is 5.75 Å². The number of para-hydroxylation sites is 2. The van der Waals surface area contributed by atoms with Crippen molar-refractivity contribution < 1.29 is 17.9 Å². The Balaban J connectivity index is 2.23. The van der Waals surface area contributed by atoms with Crippen molar-refractivity contribution in [2.45, 2.75) is 18.2 Å². The van der Waals surface area contributed by atoms with Crippen molar-refractivity contribution >= 4 is 21.6 Å². The summed E-state index contributed by atoms with van der Waals surface area (Å²) in [5.41, 5.74) is 0.705. The summed E-state index contributed by atoms with van der Waals surface area (Å²) in [5, 5.41) is 11.7. The van der Waals surface area contributed by atoms with Gasteiger partial charge in [0, 0.05) is 6.54 Å². The second-order valence-corrected chi connectivity index (χ2v) is 7.66. The third-order valence-corrected chi connectivity index (χ3v) is 5.62. The van der Waals surface area contributed by atoms with Gasteiger partial charge < -0.3 is 10.1 Å². The number of nitrogens with zero attached hydrogens (tertiary/aromatic N) is 2. The fraction of sp³-hybridized carbons (Fsp3) is 0.263. The Bertz CT molecular complexity index is 951. The third-order valence-electron chi connectivity index (χ3n) is 3.77. The summed E-state index contributed by atoms with van der Waals surface area (Å²) >= 11 is 0. The van der Waals surface area contributed by atoms with Crippen LogP contribution in [0, 0.1) is 11.3 Å². The molecule has 0 saturated heterocycles. The van der Waals surface area contributed by atoms with E-state index < -0.39 is 15.9 Å². The van der Waals surface area contributed by atoms with Crippen LogP contribution >= 0.6 is 0 Å². The highest BCUT2D eigenvalue weighted by molar-refractivity contribution is 7.89. The minimum Gasteiger partial charge on any atom is -0.495 e. The van der Waals surface area contributed by atoms with Gasteiger partial charge in [-0.25, -0.2) is 8.42 Å². The van der Waals surface area contributed by atoms with Crippen molar-refractivity contribution in [1.82, 2.24) is 4.31 Å². The summed E-state index contributed by atoms with van der Waals surface area (Å²) < 4.78 is 32.1. The van der Waals surface area contributed by atoms with Crippen LogP contribution in [-0.4, -0.2) is 38.8 Å². The predicted octanol–water partition coefficient (Wildman–Crippen LogP) is 2.61. The number of nitrogens with one attached hydrogen (secondary N) is 1. The lowest BCUT2D eigenvalue weighted by Gasteiger charge is -2.21. The van der Waals surface area contributed by atoms with Gasteiger partial charge in [0.2, 0.25) is 15.9 Å². The number of rotatable bonds is 8. The van der Waals surface area contributed by atoms with Crippen LogP contribution in [0.2, 0.25) is 0 Å². The number of sulfonamides is 1. The Hall–Kier alpha value is -2.89. The number of carbonyl (C=O) groups is 1. The molecule has 1 N–H and O–H groups in total. The lowest BCUT2D eigenvalue weighted by atomic mass is 10.2. The van der Waals surface area contributed by atoms with Crippen LogP contribution in [0.4, 0.5) is 5.69 Å². The molecule has 0 saturated carbocycles. The molecule has 0 spiro atoms. The van der Waals surface area contributed by atoms with Crippen LogP contribution in [0.25, 0.3) is 0 Å². The van der Waals surface area contributed by atoms with E-state index >= 15 is 0 Å². The van der Waals surface area contributed by atoms with Crippen LogP contribution in [0.3, 0.4) is 0 Å². The van der Waals surface area contributed by atoms with Gasteiger partial charge in [-0.15, -0.1) is 0 Å². The molecule has 2 aromatic rings. The summed E-state index contributed by atoms with van der Waals surface area (Å²) in [7, 11) is -2.42. The molecule has 0 aliphatic heterocycles. The van der Waals surface area contributed by atoms with Crippen molar-refractivity contribution in [2.24, 2.45) is 0 Å². The predicted molar refractivity (Wildman–Crippen MR) is 102 cm³/mol. The van der Waals surface area contributed by atoms with Gasteiger partial charge in [-0.1, -0.05) is 25.1 Å². The molecule has 0 heterocycles. The molecule has 0 aliphatic carbocycles. The summed E-state index contributed by atoms with van der Waals surface area (Å²) in [6.45, 7) is 1.66. The van der Waals surface area contributed by atoms with Gasteiger partial charge in [-0.2, -0.15) is 9.57 Å². The van der Waals surface area contributed by atoms with E-state index in [4.69, 9.17) is 10.00 Å². The maximum Gasteiger partial charge on any atom is 0.243 e. The van der Waals surface area contributed by atoms with Crippen molar-refractivity contribution in [3.63, 3.8) is 0 Å². The number of benzene rings is 2. The van der Waals surface area contributed by atoms with Gasteiger partial charge in [0.1, 0.15) is 5.75 Å². The summed E-state index contributed by atoms with van der Waals surface area (Å²) in [6, 6.07) is 14.5. The first kappa shape index (κ1) is 20.4. The van der Waals surface area contributed by atoms with Gasteiger partial charge >= 0.3 is 0 Å². The van der Waals surface area contributed by atoms with Gasteiger partial charge in [0.15, 0.2) is 0 Å². The van der Waals surface area contributed by atoms with Crippen LogP contribution < -0.4 is 10.1 Å². The number of hydrogen-bond acceptors (Lipinski definition) is 5. The van der Waals surface area contributed by atoms with E-state index in [0.717, 1.165) is 4.31 Å². The molecule has 2 rings (SSSR count). The number of carbonyl (C=O) groups excluding carboxylic acids is 1. The number of hydrogen-bond donors (Lipinski definition) is 1. The van der Waals surface area contributed by atoms with Crippen molar-refractivity contribution in [3.8, 4) is 11.8 Å². The minimum absolute atomic E-state index is 0.0138. The molecule has 0 bridgehead atoms. The van der Waals surface area contributed by atoms with Crippen LogP contribution in [0.1, 0.15) is 18.9 Å². The molecular weight excluding hydrogens is 366 g/mol. The number of ether oxygens (including phenoxy) is 1. The molecule has 142 valence electrons. The first-order chi connectivity index (χ1) is 12.9. The molecule has 1 amide bonds. The zero-order valence-corrected chi connectivity index (χ0v) is 16.0. The Labute approximate surface area is 159 Å². The lowest BCUT2D eigenvalue weighted by molar-refractivity contribution is -0.116. The monoisotopic (exact) mass is 387 g/mol. The molecule has 0 radical (unpaired) electrons. The molecule has 0 unspecified atom stereocenters. The first-order valence-corrected chi connectivity index (χ1v) is 9.79. The number of amides is 1. The molecule has 27 heavy (non-hydrogen) atoms.